The largest absolute Gasteiger partial charge is 0.355 e. The van der Waals surface area contributed by atoms with Crippen LogP contribution in [0.25, 0.3) is 0 Å². The third-order valence-corrected chi connectivity index (χ3v) is 5.00. The minimum Gasteiger partial charge on any atom is -0.355 e. The minimum atomic E-state index is -0.0294. The summed E-state index contributed by atoms with van der Waals surface area (Å²) in [5.41, 5.74) is 0. The first kappa shape index (κ1) is 12.7. The number of carbonyl (C=O) groups is 2. The fourth-order valence-electron chi connectivity index (χ4n) is 2.99. The summed E-state index contributed by atoms with van der Waals surface area (Å²) in [4.78, 5) is 27.1. The smallest absolute Gasteiger partial charge is 0.228 e. The van der Waals surface area contributed by atoms with Crippen molar-refractivity contribution in [3.8, 4) is 0 Å². The molecule has 4 nitrogen and oxygen atoms in total. The van der Waals surface area contributed by atoms with Gasteiger partial charge in [0.15, 0.2) is 0 Å². The molecule has 1 aromatic rings. The van der Waals surface area contributed by atoms with Crippen molar-refractivity contribution >= 4 is 23.2 Å². The predicted octanol–water partition coefficient (Wildman–Crippen LogP) is 1.94. The van der Waals surface area contributed by atoms with E-state index in [1.165, 1.54) is 4.88 Å². The van der Waals surface area contributed by atoms with E-state index < -0.39 is 0 Å². The number of likely N-dealkylation sites (tertiary alicyclic amines) is 1. The highest BCUT2D eigenvalue weighted by Crippen LogP contribution is 2.35. The minimum absolute atomic E-state index is 0.0294. The first-order valence-electron chi connectivity index (χ1n) is 6.86. The normalized spacial score (nSPS) is 27.4. The highest BCUT2D eigenvalue weighted by atomic mass is 32.1. The van der Waals surface area contributed by atoms with Crippen LogP contribution in [0.3, 0.4) is 0 Å². The Morgan fingerprint density at radius 2 is 2.32 bits per heavy atom. The first-order chi connectivity index (χ1) is 9.25. The average molecular weight is 278 g/mol. The second-order valence-electron chi connectivity index (χ2n) is 5.24. The Morgan fingerprint density at radius 1 is 1.42 bits per heavy atom. The van der Waals surface area contributed by atoms with Gasteiger partial charge >= 0.3 is 0 Å². The van der Waals surface area contributed by atoms with Gasteiger partial charge in [0.2, 0.25) is 11.8 Å². The molecule has 1 aromatic heterocycles. The molecule has 0 bridgehead atoms. The van der Waals surface area contributed by atoms with Crippen LogP contribution in [0.5, 0.6) is 0 Å². The molecule has 3 rings (SSSR count). The fraction of sp³-hybridized carbons (Fsp3) is 0.571. The van der Waals surface area contributed by atoms with Gasteiger partial charge in [-0.2, -0.15) is 0 Å². The number of thiophene rings is 1. The summed E-state index contributed by atoms with van der Waals surface area (Å²) in [5, 5.41) is 4.87. The summed E-state index contributed by atoms with van der Waals surface area (Å²) in [6.07, 6.45) is 3.31. The van der Waals surface area contributed by atoms with Gasteiger partial charge in [0.1, 0.15) is 0 Å². The molecule has 0 spiro atoms. The molecule has 2 aliphatic rings. The van der Waals surface area contributed by atoms with Gasteiger partial charge in [-0.15, -0.1) is 11.3 Å². The van der Waals surface area contributed by atoms with Gasteiger partial charge in [-0.3, -0.25) is 9.59 Å². The van der Waals surface area contributed by atoms with E-state index in [-0.39, 0.29) is 23.8 Å². The summed E-state index contributed by atoms with van der Waals surface area (Å²) >= 11 is 1.72. The zero-order chi connectivity index (χ0) is 13.2. The van der Waals surface area contributed by atoms with Crippen LogP contribution < -0.4 is 5.32 Å². The standard InChI is InChI=1S/C14H18N2O2S/c17-13-6-5-10(9-15-13)14(18)16-7-1-3-11(16)12-4-2-8-19-12/h2,4,8,10-11H,1,3,5-7,9H2,(H,15,17)/t10-,11+/m1/s1. The molecule has 2 fully saturated rings. The van der Waals surface area contributed by atoms with Crippen LogP contribution in [0.1, 0.15) is 36.6 Å². The second-order valence-corrected chi connectivity index (χ2v) is 6.22. The predicted molar refractivity (Wildman–Crippen MR) is 73.7 cm³/mol. The molecule has 3 heterocycles. The molecule has 19 heavy (non-hydrogen) atoms. The maximum atomic E-state index is 12.6. The van der Waals surface area contributed by atoms with Crippen molar-refractivity contribution in [1.82, 2.24) is 10.2 Å². The Labute approximate surface area is 116 Å². The van der Waals surface area contributed by atoms with Gasteiger partial charge in [-0.05, 0) is 30.7 Å². The van der Waals surface area contributed by atoms with Gasteiger partial charge in [-0.25, -0.2) is 0 Å². The summed E-state index contributed by atoms with van der Waals surface area (Å²) in [5.74, 6) is 0.259. The lowest BCUT2D eigenvalue weighted by atomic mass is 9.97. The Bertz CT molecular complexity index is 462. The van der Waals surface area contributed by atoms with E-state index in [1.54, 1.807) is 11.3 Å². The Hall–Kier alpha value is -1.36. The molecule has 0 radical (unpaired) electrons. The van der Waals surface area contributed by atoms with Crippen molar-refractivity contribution in [1.29, 1.82) is 0 Å². The quantitative estimate of drug-likeness (QED) is 0.898. The van der Waals surface area contributed by atoms with E-state index in [4.69, 9.17) is 0 Å². The maximum absolute atomic E-state index is 12.6. The molecule has 0 aromatic carbocycles. The van der Waals surface area contributed by atoms with Crippen LogP contribution in [0.2, 0.25) is 0 Å². The molecule has 2 aliphatic heterocycles. The number of nitrogens with one attached hydrogen (secondary N) is 1. The van der Waals surface area contributed by atoms with Crippen molar-refractivity contribution in [3.63, 3.8) is 0 Å². The van der Waals surface area contributed by atoms with Gasteiger partial charge in [-0.1, -0.05) is 6.07 Å². The lowest BCUT2D eigenvalue weighted by molar-refractivity contribution is -0.138. The molecule has 2 saturated heterocycles. The van der Waals surface area contributed by atoms with Crippen LogP contribution in [0.15, 0.2) is 17.5 Å². The number of hydrogen-bond acceptors (Lipinski definition) is 3. The molecule has 0 aliphatic carbocycles. The van der Waals surface area contributed by atoms with Gasteiger partial charge in [0.05, 0.1) is 12.0 Å². The zero-order valence-corrected chi connectivity index (χ0v) is 11.6. The summed E-state index contributed by atoms with van der Waals surface area (Å²) in [6.45, 7) is 1.36. The van der Waals surface area contributed by atoms with Crippen LogP contribution in [0, 0.1) is 5.92 Å². The van der Waals surface area contributed by atoms with Gasteiger partial charge in [0.25, 0.3) is 0 Å². The van der Waals surface area contributed by atoms with Gasteiger partial charge in [0, 0.05) is 24.4 Å². The lowest BCUT2D eigenvalue weighted by Crippen LogP contribution is -2.44. The molecular weight excluding hydrogens is 260 g/mol. The maximum Gasteiger partial charge on any atom is 0.228 e. The van der Waals surface area contributed by atoms with E-state index in [2.05, 4.69) is 16.8 Å². The highest BCUT2D eigenvalue weighted by molar-refractivity contribution is 7.10. The van der Waals surface area contributed by atoms with Crippen LogP contribution in [-0.2, 0) is 9.59 Å². The highest BCUT2D eigenvalue weighted by Gasteiger charge is 2.35. The molecular formula is C14H18N2O2S. The number of rotatable bonds is 2. The second kappa shape index (κ2) is 5.33. The van der Waals surface area contributed by atoms with Crippen molar-refractivity contribution < 1.29 is 9.59 Å². The fourth-order valence-corrected chi connectivity index (χ4v) is 3.86. The summed E-state index contributed by atoms with van der Waals surface area (Å²) < 4.78 is 0. The van der Waals surface area contributed by atoms with Crippen molar-refractivity contribution in [3.05, 3.63) is 22.4 Å². The molecule has 102 valence electrons. The number of hydrogen-bond donors (Lipinski definition) is 1. The van der Waals surface area contributed by atoms with Crippen molar-refractivity contribution in [2.75, 3.05) is 13.1 Å². The summed E-state index contributed by atoms with van der Waals surface area (Å²) in [6, 6.07) is 4.41. The molecule has 0 saturated carbocycles. The lowest BCUT2D eigenvalue weighted by Gasteiger charge is -2.30. The molecule has 0 unspecified atom stereocenters. The van der Waals surface area contributed by atoms with Crippen LogP contribution >= 0.6 is 11.3 Å². The van der Waals surface area contributed by atoms with E-state index in [0.717, 1.165) is 19.4 Å². The Morgan fingerprint density at radius 3 is 3.00 bits per heavy atom. The van der Waals surface area contributed by atoms with E-state index >= 15 is 0 Å². The number of amides is 2. The Kier molecular flexibility index (Phi) is 3.55. The number of carbonyl (C=O) groups excluding carboxylic acids is 2. The van der Waals surface area contributed by atoms with Crippen LogP contribution in [0.4, 0.5) is 0 Å². The average Bonchev–Trinajstić information content (AvgIpc) is 3.09. The molecule has 2 atom stereocenters. The van der Waals surface area contributed by atoms with E-state index in [9.17, 15) is 9.59 Å². The summed E-state index contributed by atoms with van der Waals surface area (Å²) in [7, 11) is 0. The molecule has 5 heteroatoms. The monoisotopic (exact) mass is 278 g/mol. The molecule has 2 amide bonds. The zero-order valence-electron chi connectivity index (χ0n) is 10.8. The first-order valence-corrected chi connectivity index (χ1v) is 7.74. The van der Waals surface area contributed by atoms with Crippen LogP contribution in [-0.4, -0.2) is 29.8 Å². The number of piperidine rings is 1. The van der Waals surface area contributed by atoms with Crippen molar-refractivity contribution in [2.24, 2.45) is 5.92 Å². The Balaban J connectivity index is 1.70. The van der Waals surface area contributed by atoms with E-state index in [0.29, 0.717) is 19.4 Å². The third kappa shape index (κ3) is 2.52. The van der Waals surface area contributed by atoms with Crippen molar-refractivity contribution in [2.45, 2.75) is 31.7 Å². The van der Waals surface area contributed by atoms with E-state index in [1.807, 2.05) is 11.0 Å². The third-order valence-electron chi connectivity index (χ3n) is 4.02. The topological polar surface area (TPSA) is 49.4 Å². The SMILES string of the molecule is O=C1CC[C@@H](C(=O)N2CCC[C@H]2c2cccs2)CN1. The van der Waals surface area contributed by atoms with Gasteiger partial charge < -0.3 is 10.2 Å². The molecule has 1 N–H and O–H groups in total. The number of nitrogens with zero attached hydrogens (tertiary/aromatic N) is 1.